The predicted molar refractivity (Wildman–Crippen MR) is 89.7 cm³/mol. The summed E-state index contributed by atoms with van der Waals surface area (Å²) in [5.41, 5.74) is 1.57. The molecule has 1 fully saturated rings. The van der Waals surface area contributed by atoms with Gasteiger partial charge in [-0.15, -0.1) is 0 Å². The van der Waals surface area contributed by atoms with Crippen LogP contribution in [0.3, 0.4) is 0 Å². The molecule has 126 valence electrons. The molecular formula is C17H25N3O3. The van der Waals surface area contributed by atoms with Gasteiger partial charge >= 0.3 is 11.8 Å². The van der Waals surface area contributed by atoms with Gasteiger partial charge in [-0.25, -0.2) is 0 Å². The van der Waals surface area contributed by atoms with Crippen LogP contribution in [0.5, 0.6) is 5.75 Å². The van der Waals surface area contributed by atoms with Gasteiger partial charge < -0.3 is 19.9 Å². The number of hydrogen-bond acceptors (Lipinski definition) is 4. The Labute approximate surface area is 137 Å². The van der Waals surface area contributed by atoms with E-state index in [9.17, 15) is 9.59 Å². The summed E-state index contributed by atoms with van der Waals surface area (Å²) in [6.07, 6.45) is 0. The standard InChI is InChI=1S/C17H25N3O3/c1-4-19-8-10-20(11-9-19)17(22)16(21)18-14-7-6-13(3)12-15(14)23-5-2/h6-7,12H,4-5,8-11H2,1-3H3,(H,18,21). The van der Waals surface area contributed by atoms with E-state index in [-0.39, 0.29) is 0 Å². The molecule has 0 spiro atoms. The lowest BCUT2D eigenvalue weighted by molar-refractivity contribution is -0.144. The van der Waals surface area contributed by atoms with Gasteiger partial charge in [0, 0.05) is 26.2 Å². The quantitative estimate of drug-likeness (QED) is 0.854. The molecule has 1 heterocycles. The van der Waals surface area contributed by atoms with Gasteiger partial charge in [0.2, 0.25) is 0 Å². The Morgan fingerprint density at radius 1 is 1.17 bits per heavy atom. The Morgan fingerprint density at radius 3 is 2.48 bits per heavy atom. The molecule has 0 unspecified atom stereocenters. The summed E-state index contributed by atoms with van der Waals surface area (Å²) in [4.78, 5) is 28.4. The fourth-order valence-electron chi connectivity index (χ4n) is 2.59. The number of carbonyl (C=O) groups is 2. The smallest absolute Gasteiger partial charge is 0.314 e. The number of rotatable bonds is 4. The van der Waals surface area contributed by atoms with E-state index in [2.05, 4.69) is 17.1 Å². The van der Waals surface area contributed by atoms with E-state index in [1.165, 1.54) is 0 Å². The molecule has 1 aliphatic heterocycles. The molecule has 0 aromatic heterocycles. The van der Waals surface area contributed by atoms with Crippen molar-refractivity contribution < 1.29 is 14.3 Å². The highest BCUT2D eigenvalue weighted by Crippen LogP contribution is 2.25. The number of carbonyl (C=O) groups excluding carboxylic acids is 2. The van der Waals surface area contributed by atoms with Crippen LogP contribution in [0.4, 0.5) is 5.69 Å². The number of hydrogen-bond donors (Lipinski definition) is 1. The second-order valence-electron chi connectivity index (χ2n) is 5.61. The molecule has 1 aliphatic rings. The highest BCUT2D eigenvalue weighted by Gasteiger charge is 2.26. The van der Waals surface area contributed by atoms with Crippen molar-refractivity contribution in [2.45, 2.75) is 20.8 Å². The molecule has 1 N–H and O–H groups in total. The molecule has 0 atom stereocenters. The van der Waals surface area contributed by atoms with E-state index in [0.29, 0.717) is 31.1 Å². The van der Waals surface area contributed by atoms with Crippen molar-refractivity contribution in [3.63, 3.8) is 0 Å². The third kappa shape index (κ3) is 4.45. The Morgan fingerprint density at radius 2 is 1.87 bits per heavy atom. The lowest BCUT2D eigenvalue weighted by atomic mass is 10.2. The van der Waals surface area contributed by atoms with E-state index in [1.54, 1.807) is 11.0 Å². The maximum absolute atomic E-state index is 12.3. The SMILES string of the molecule is CCOc1cc(C)ccc1NC(=O)C(=O)N1CCN(CC)CC1. The Kier molecular flexibility index (Phi) is 5.98. The van der Waals surface area contributed by atoms with Crippen LogP contribution in [0.25, 0.3) is 0 Å². The van der Waals surface area contributed by atoms with Crippen molar-refractivity contribution in [1.29, 1.82) is 0 Å². The summed E-state index contributed by atoms with van der Waals surface area (Å²) in [5.74, 6) is -0.506. The number of amides is 2. The van der Waals surface area contributed by atoms with Gasteiger partial charge in [0.15, 0.2) is 0 Å². The number of anilines is 1. The number of benzene rings is 1. The van der Waals surface area contributed by atoms with Crippen molar-refractivity contribution in [3.05, 3.63) is 23.8 Å². The second-order valence-corrected chi connectivity index (χ2v) is 5.61. The van der Waals surface area contributed by atoms with Crippen molar-refractivity contribution >= 4 is 17.5 Å². The van der Waals surface area contributed by atoms with E-state index in [0.717, 1.165) is 25.2 Å². The number of nitrogens with one attached hydrogen (secondary N) is 1. The molecule has 2 rings (SSSR count). The zero-order valence-electron chi connectivity index (χ0n) is 14.1. The second kappa shape index (κ2) is 7.97. The van der Waals surface area contributed by atoms with Crippen LogP contribution in [-0.4, -0.2) is 60.9 Å². The van der Waals surface area contributed by atoms with Crippen molar-refractivity contribution in [2.24, 2.45) is 0 Å². The first-order valence-corrected chi connectivity index (χ1v) is 8.11. The average molecular weight is 319 g/mol. The summed E-state index contributed by atoms with van der Waals surface area (Å²) in [7, 11) is 0. The Bertz CT molecular complexity index is 566. The molecular weight excluding hydrogens is 294 g/mol. The topological polar surface area (TPSA) is 61.9 Å². The van der Waals surface area contributed by atoms with Crippen LogP contribution in [0.2, 0.25) is 0 Å². The van der Waals surface area contributed by atoms with Crippen LogP contribution in [0, 0.1) is 6.92 Å². The Hall–Kier alpha value is -2.08. The summed E-state index contributed by atoms with van der Waals surface area (Å²) < 4.78 is 5.53. The van der Waals surface area contributed by atoms with Crippen LogP contribution >= 0.6 is 0 Å². The third-order valence-corrected chi connectivity index (χ3v) is 3.99. The average Bonchev–Trinajstić information content (AvgIpc) is 2.57. The number of aryl methyl sites for hydroxylation is 1. The van der Waals surface area contributed by atoms with E-state index in [1.807, 2.05) is 26.0 Å². The minimum Gasteiger partial charge on any atom is -0.492 e. The van der Waals surface area contributed by atoms with Gasteiger partial charge in [-0.1, -0.05) is 13.0 Å². The summed E-state index contributed by atoms with van der Waals surface area (Å²) in [5, 5.41) is 2.68. The van der Waals surface area contributed by atoms with Crippen molar-refractivity contribution in [3.8, 4) is 5.75 Å². The van der Waals surface area contributed by atoms with Gasteiger partial charge in [-0.05, 0) is 38.1 Å². The van der Waals surface area contributed by atoms with Gasteiger partial charge in [0.05, 0.1) is 12.3 Å². The lowest BCUT2D eigenvalue weighted by Gasteiger charge is -2.33. The maximum Gasteiger partial charge on any atom is 0.314 e. The predicted octanol–water partition coefficient (Wildman–Crippen LogP) is 1.50. The molecule has 23 heavy (non-hydrogen) atoms. The zero-order chi connectivity index (χ0) is 16.8. The molecule has 6 nitrogen and oxygen atoms in total. The van der Waals surface area contributed by atoms with Crippen LogP contribution < -0.4 is 10.1 Å². The van der Waals surface area contributed by atoms with Gasteiger partial charge in [-0.3, -0.25) is 9.59 Å². The van der Waals surface area contributed by atoms with Crippen molar-refractivity contribution in [2.75, 3.05) is 44.6 Å². The molecule has 0 radical (unpaired) electrons. The molecule has 1 aromatic rings. The van der Waals surface area contributed by atoms with Crippen LogP contribution in [0.1, 0.15) is 19.4 Å². The highest BCUT2D eigenvalue weighted by molar-refractivity contribution is 6.39. The van der Waals surface area contributed by atoms with Crippen LogP contribution in [0.15, 0.2) is 18.2 Å². The third-order valence-electron chi connectivity index (χ3n) is 3.99. The fourth-order valence-corrected chi connectivity index (χ4v) is 2.59. The molecule has 6 heteroatoms. The minimum absolute atomic E-state index is 0.483. The van der Waals surface area contributed by atoms with Gasteiger partial charge in [0.1, 0.15) is 5.75 Å². The normalized spacial score (nSPS) is 15.3. The molecule has 1 saturated heterocycles. The molecule has 0 bridgehead atoms. The fraction of sp³-hybridized carbons (Fsp3) is 0.529. The summed E-state index contributed by atoms with van der Waals surface area (Å²) >= 11 is 0. The molecule has 2 amide bonds. The van der Waals surface area contributed by atoms with E-state index in [4.69, 9.17) is 4.74 Å². The lowest BCUT2D eigenvalue weighted by Crippen LogP contribution is -2.51. The van der Waals surface area contributed by atoms with Crippen LogP contribution in [-0.2, 0) is 9.59 Å². The van der Waals surface area contributed by atoms with Gasteiger partial charge in [0.25, 0.3) is 0 Å². The van der Waals surface area contributed by atoms with Gasteiger partial charge in [-0.2, -0.15) is 0 Å². The van der Waals surface area contributed by atoms with Crippen molar-refractivity contribution in [1.82, 2.24) is 9.80 Å². The molecule has 1 aromatic carbocycles. The number of piperazine rings is 1. The minimum atomic E-state index is -0.611. The monoisotopic (exact) mass is 319 g/mol. The summed E-state index contributed by atoms with van der Waals surface area (Å²) in [6, 6.07) is 5.49. The largest absolute Gasteiger partial charge is 0.492 e. The Balaban J connectivity index is 2.00. The number of nitrogens with zero attached hydrogens (tertiary/aromatic N) is 2. The first kappa shape index (κ1) is 17.3. The molecule has 0 aliphatic carbocycles. The van der Waals surface area contributed by atoms with E-state index >= 15 is 0 Å². The number of likely N-dealkylation sites (N-methyl/N-ethyl adjacent to an activating group) is 1. The first-order valence-electron chi connectivity index (χ1n) is 8.11. The maximum atomic E-state index is 12.3. The molecule has 0 saturated carbocycles. The zero-order valence-corrected chi connectivity index (χ0v) is 14.1. The summed E-state index contributed by atoms with van der Waals surface area (Å²) in [6.45, 7) is 10.2. The first-order chi connectivity index (χ1) is 11.0. The van der Waals surface area contributed by atoms with E-state index < -0.39 is 11.8 Å². The number of ether oxygens (including phenoxy) is 1. The highest BCUT2D eigenvalue weighted by atomic mass is 16.5.